The third-order valence-electron chi connectivity index (χ3n) is 2.51. The largest absolute Gasteiger partial charge is 0.478 e. The van der Waals surface area contributed by atoms with Crippen LogP contribution in [0, 0.1) is 22.7 Å². The Morgan fingerprint density at radius 1 is 1.37 bits per heavy atom. The first kappa shape index (κ1) is 12.1. The first-order valence-electron chi connectivity index (χ1n) is 5.09. The number of benzene rings is 1. The summed E-state index contributed by atoms with van der Waals surface area (Å²) in [5.74, 6) is -1.10. The van der Waals surface area contributed by atoms with Gasteiger partial charge in [0.1, 0.15) is 18.5 Å². The predicted octanol–water partition coefficient (Wildman–Crippen LogP) is 0.896. The van der Waals surface area contributed by atoms with Crippen LogP contribution in [0.25, 0.3) is 5.69 Å². The smallest absolute Gasteiger partial charge is 0.335 e. The number of rotatable bonds is 2. The van der Waals surface area contributed by atoms with Gasteiger partial charge in [0.05, 0.1) is 16.9 Å². The molecule has 7 heteroatoms. The zero-order valence-corrected chi connectivity index (χ0v) is 9.53. The number of carbonyl (C=O) groups is 1. The van der Waals surface area contributed by atoms with E-state index in [0.29, 0.717) is 5.69 Å². The Morgan fingerprint density at radius 2 is 2.11 bits per heavy atom. The van der Waals surface area contributed by atoms with Crippen molar-refractivity contribution in [3.05, 3.63) is 41.5 Å². The molecule has 1 aromatic carbocycles. The Labute approximate surface area is 107 Å². The molecule has 0 amide bonds. The molecule has 0 aliphatic rings. The Bertz CT molecular complexity index is 748. The van der Waals surface area contributed by atoms with Gasteiger partial charge in [-0.2, -0.15) is 10.5 Å². The molecule has 19 heavy (non-hydrogen) atoms. The maximum absolute atomic E-state index is 10.8. The fourth-order valence-electron chi connectivity index (χ4n) is 1.63. The molecule has 7 nitrogen and oxygen atoms in total. The number of carboxylic acid groups (broad SMARTS) is 1. The second-order valence-electron chi connectivity index (χ2n) is 3.61. The molecule has 0 fully saturated rings. The first-order valence-corrected chi connectivity index (χ1v) is 5.09. The Hall–Kier alpha value is -3.32. The van der Waals surface area contributed by atoms with E-state index < -0.39 is 5.97 Å². The van der Waals surface area contributed by atoms with E-state index in [0.717, 1.165) is 0 Å². The molecule has 2 aromatic rings. The van der Waals surface area contributed by atoms with Crippen molar-refractivity contribution in [2.75, 3.05) is 5.73 Å². The Kier molecular flexibility index (Phi) is 2.88. The summed E-state index contributed by atoms with van der Waals surface area (Å²) >= 11 is 0. The SMILES string of the molecule is N#Cc1ncn(-c2ccc(C(=O)O)cc2N)c1C#N. The fourth-order valence-corrected chi connectivity index (χ4v) is 1.63. The maximum Gasteiger partial charge on any atom is 0.335 e. The summed E-state index contributed by atoms with van der Waals surface area (Å²) in [5, 5.41) is 26.7. The number of nitrogens with zero attached hydrogens (tertiary/aromatic N) is 4. The number of aromatic nitrogens is 2. The summed E-state index contributed by atoms with van der Waals surface area (Å²) in [5.41, 5.74) is 6.42. The quantitative estimate of drug-likeness (QED) is 0.765. The van der Waals surface area contributed by atoms with E-state index in [1.54, 1.807) is 6.07 Å². The molecule has 92 valence electrons. The molecular weight excluding hydrogens is 246 g/mol. The van der Waals surface area contributed by atoms with Crippen LogP contribution in [-0.2, 0) is 0 Å². The van der Waals surface area contributed by atoms with Gasteiger partial charge in [0.15, 0.2) is 11.4 Å². The van der Waals surface area contributed by atoms with E-state index in [1.807, 2.05) is 6.07 Å². The number of aromatic carboxylic acids is 1. The molecule has 2 rings (SSSR count). The van der Waals surface area contributed by atoms with Crippen LogP contribution in [0.4, 0.5) is 5.69 Å². The lowest BCUT2D eigenvalue weighted by molar-refractivity contribution is 0.0697. The second kappa shape index (κ2) is 4.51. The van der Waals surface area contributed by atoms with E-state index in [-0.39, 0.29) is 22.6 Å². The molecule has 0 bridgehead atoms. The summed E-state index contributed by atoms with van der Waals surface area (Å²) in [4.78, 5) is 14.6. The molecule has 3 N–H and O–H groups in total. The lowest BCUT2D eigenvalue weighted by atomic mass is 10.1. The van der Waals surface area contributed by atoms with Crippen LogP contribution < -0.4 is 5.73 Å². The van der Waals surface area contributed by atoms with E-state index in [1.165, 1.54) is 29.1 Å². The summed E-state index contributed by atoms with van der Waals surface area (Å²) in [6, 6.07) is 7.77. The lowest BCUT2D eigenvalue weighted by Crippen LogP contribution is -2.04. The Balaban J connectivity index is 2.61. The van der Waals surface area contributed by atoms with Gasteiger partial charge in [-0.15, -0.1) is 0 Å². The van der Waals surface area contributed by atoms with Crippen molar-refractivity contribution in [1.82, 2.24) is 9.55 Å². The molecule has 0 spiro atoms. The van der Waals surface area contributed by atoms with Crippen LogP contribution >= 0.6 is 0 Å². The lowest BCUT2D eigenvalue weighted by Gasteiger charge is -2.08. The molecule has 1 aromatic heterocycles. The van der Waals surface area contributed by atoms with Crippen molar-refractivity contribution in [2.45, 2.75) is 0 Å². The van der Waals surface area contributed by atoms with Gasteiger partial charge in [0.25, 0.3) is 0 Å². The van der Waals surface area contributed by atoms with Gasteiger partial charge in [-0.25, -0.2) is 9.78 Å². The highest BCUT2D eigenvalue weighted by Crippen LogP contribution is 2.21. The number of carboxylic acids is 1. The first-order chi connectivity index (χ1) is 9.08. The van der Waals surface area contributed by atoms with E-state index in [4.69, 9.17) is 21.4 Å². The maximum atomic E-state index is 10.8. The zero-order chi connectivity index (χ0) is 14.0. The van der Waals surface area contributed by atoms with Crippen LogP contribution in [0.3, 0.4) is 0 Å². The number of nitriles is 2. The highest BCUT2D eigenvalue weighted by molar-refractivity contribution is 5.89. The molecular formula is C12H7N5O2. The molecule has 0 aliphatic carbocycles. The Morgan fingerprint density at radius 3 is 2.63 bits per heavy atom. The number of hydrogen-bond donors (Lipinski definition) is 2. The average Bonchev–Trinajstić information content (AvgIpc) is 2.80. The topological polar surface area (TPSA) is 129 Å². The number of anilines is 1. The number of imidazole rings is 1. The van der Waals surface area contributed by atoms with Crippen LogP contribution in [0.5, 0.6) is 0 Å². The molecule has 0 saturated carbocycles. The molecule has 1 heterocycles. The van der Waals surface area contributed by atoms with Crippen LogP contribution in [0.2, 0.25) is 0 Å². The zero-order valence-electron chi connectivity index (χ0n) is 9.53. The highest BCUT2D eigenvalue weighted by Gasteiger charge is 2.14. The van der Waals surface area contributed by atoms with Crippen LogP contribution in [0.15, 0.2) is 24.5 Å². The van der Waals surface area contributed by atoms with Gasteiger partial charge < -0.3 is 10.8 Å². The summed E-state index contributed by atoms with van der Waals surface area (Å²) < 4.78 is 1.35. The summed E-state index contributed by atoms with van der Waals surface area (Å²) in [6.45, 7) is 0. The minimum atomic E-state index is -1.10. The van der Waals surface area contributed by atoms with Crippen molar-refractivity contribution in [2.24, 2.45) is 0 Å². The average molecular weight is 253 g/mol. The van der Waals surface area contributed by atoms with Gasteiger partial charge in [-0.1, -0.05) is 0 Å². The van der Waals surface area contributed by atoms with Crippen molar-refractivity contribution in [3.8, 4) is 17.8 Å². The van der Waals surface area contributed by atoms with Crippen molar-refractivity contribution < 1.29 is 9.90 Å². The normalized spacial score (nSPS) is 9.58. The van der Waals surface area contributed by atoms with Gasteiger partial charge in [0.2, 0.25) is 0 Å². The van der Waals surface area contributed by atoms with Gasteiger partial charge in [-0.05, 0) is 18.2 Å². The predicted molar refractivity (Wildman–Crippen MR) is 64.4 cm³/mol. The number of nitrogen functional groups attached to an aromatic ring is 1. The van der Waals surface area contributed by atoms with Crippen LogP contribution in [0.1, 0.15) is 21.7 Å². The van der Waals surface area contributed by atoms with E-state index >= 15 is 0 Å². The van der Waals surface area contributed by atoms with Gasteiger partial charge >= 0.3 is 5.97 Å². The summed E-state index contributed by atoms with van der Waals surface area (Å²) in [6.07, 6.45) is 1.29. The standard InChI is InChI=1S/C12H7N5O2/c13-4-9-11(5-14)17(6-16-9)10-2-1-7(12(18)19)3-8(10)15/h1-3,6H,15H2,(H,18,19). The van der Waals surface area contributed by atoms with E-state index in [2.05, 4.69) is 4.98 Å². The van der Waals surface area contributed by atoms with E-state index in [9.17, 15) is 4.79 Å². The molecule has 0 aliphatic heterocycles. The van der Waals surface area contributed by atoms with Crippen LogP contribution in [-0.4, -0.2) is 20.6 Å². The van der Waals surface area contributed by atoms with Crippen molar-refractivity contribution >= 4 is 11.7 Å². The van der Waals surface area contributed by atoms with Crippen molar-refractivity contribution in [1.29, 1.82) is 10.5 Å². The third-order valence-corrected chi connectivity index (χ3v) is 2.51. The minimum absolute atomic E-state index is 0.00999. The van der Waals surface area contributed by atoms with Gasteiger partial charge in [0, 0.05) is 0 Å². The van der Waals surface area contributed by atoms with Crippen molar-refractivity contribution in [3.63, 3.8) is 0 Å². The highest BCUT2D eigenvalue weighted by atomic mass is 16.4. The number of nitrogens with two attached hydrogens (primary N) is 1. The minimum Gasteiger partial charge on any atom is -0.478 e. The second-order valence-corrected chi connectivity index (χ2v) is 3.61. The molecule has 0 radical (unpaired) electrons. The molecule has 0 unspecified atom stereocenters. The fraction of sp³-hybridized carbons (Fsp3) is 0. The van der Waals surface area contributed by atoms with Gasteiger partial charge in [-0.3, -0.25) is 4.57 Å². The molecule has 0 atom stereocenters. The third kappa shape index (κ3) is 1.96. The monoisotopic (exact) mass is 253 g/mol. The molecule has 0 saturated heterocycles. The number of hydrogen-bond acceptors (Lipinski definition) is 5. The summed E-state index contributed by atoms with van der Waals surface area (Å²) in [7, 11) is 0.